The third-order valence-electron chi connectivity index (χ3n) is 5.00. The van der Waals surface area contributed by atoms with E-state index in [0.717, 1.165) is 0 Å². The van der Waals surface area contributed by atoms with Gasteiger partial charge in [0.25, 0.3) is 5.91 Å². The second kappa shape index (κ2) is 8.96. The number of carbonyl (C=O) groups is 2. The molecule has 1 amide bonds. The Morgan fingerprint density at radius 3 is 2.57 bits per heavy atom. The molecule has 0 bridgehead atoms. The summed E-state index contributed by atoms with van der Waals surface area (Å²) < 4.78 is 10.1. The maximum atomic E-state index is 13.3. The van der Waals surface area contributed by atoms with E-state index >= 15 is 0 Å². The van der Waals surface area contributed by atoms with Gasteiger partial charge in [-0.15, -0.1) is 0 Å². The van der Waals surface area contributed by atoms with Crippen LogP contribution < -0.4 is 15.4 Å². The van der Waals surface area contributed by atoms with Gasteiger partial charge in [0.1, 0.15) is 5.75 Å². The van der Waals surface area contributed by atoms with Crippen molar-refractivity contribution in [2.75, 3.05) is 26.6 Å². The molecule has 0 fully saturated rings. The molecule has 2 aromatic carbocycles. The molecule has 0 spiro atoms. The molecule has 1 aliphatic heterocycles. The van der Waals surface area contributed by atoms with Crippen LogP contribution in [0, 0.1) is 0 Å². The average Bonchev–Trinajstić information content (AvgIpc) is 2.76. The number of thiocarbonyl (C=S) groups is 1. The summed E-state index contributed by atoms with van der Waals surface area (Å²) in [4.78, 5) is 27.4. The summed E-state index contributed by atoms with van der Waals surface area (Å²) in [5.74, 6) is -0.166. The van der Waals surface area contributed by atoms with Crippen LogP contribution in [0.25, 0.3) is 0 Å². The first-order valence-corrected chi connectivity index (χ1v) is 9.65. The van der Waals surface area contributed by atoms with E-state index < -0.39 is 12.0 Å². The zero-order valence-electron chi connectivity index (χ0n) is 17.2. The molecule has 0 aromatic heterocycles. The van der Waals surface area contributed by atoms with Gasteiger partial charge in [-0.05, 0) is 42.9 Å². The molecule has 1 heterocycles. The van der Waals surface area contributed by atoms with E-state index in [1.165, 1.54) is 7.11 Å². The lowest BCUT2D eigenvalue weighted by atomic mass is 9.91. The van der Waals surface area contributed by atoms with Gasteiger partial charge < -0.3 is 25.0 Å². The van der Waals surface area contributed by atoms with Gasteiger partial charge >= 0.3 is 5.97 Å². The molecule has 2 aromatic rings. The van der Waals surface area contributed by atoms with Gasteiger partial charge in [-0.1, -0.05) is 24.3 Å². The number of carbonyl (C=O) groups excluding carboxylic acids is 2. The highest BCUT2D eigenvalue weighted by atomic mass is 32.1. The van der Waals surface area contributed by atoms with Crippen molar-refractivity contribution in [2.24, 2.45) is 0 Å². The summed E-state index contributed by atoms with van der Waals surface area (Å²) >= 11 is 5.44. The van der Waals surface area contributed by atoms with Crippen LogP contribution in [-0.2, 0) is 9.53 Å². The first kappa shape index (κ1) is 21.3. The molecule has 156 valence electrons. The van der Waals surface area contributed by atoms with Crippen molar-refractivity contribution in [2.45, 2.75) is 13.0 Å². The van der Waals surface area contributed by atoms with Crippen LogP contribution in [0.3, 0.4) is 0 Å². The summed E-state index contributed by atoms with van der Waals surface area (Å²) in [5.41, 5.74) is 2.70. The molecular formula is C22H23N3O4S. The van der Waals surface area contributed by atoms with Gasteiger partial charge in [-0.3, -0.25) is 4.79 Å². The summed E-state index contributed by atoms with van der Waals surface area (Å²) in [6.45, 7) is 1.82. The summed E-state index contributed by atoms with van der Waals surface area (Å²) in [7, 11) is 4.67. The van der Waals surface area contributed by atoms with Crippen LogP contribution in [0.2, 0.25) is 0 Å². The molecule has 8 heteroatoms. The maximum absolute atomic E-state index is 13.3. The van der Waals surface area contributed by atoms with E-state index in [-0.39, 0.29) is 5.91 Å². The van der Waals surface area contributed by atoms with Crippen molar-refractivity contribution in [3.05, 3.63) is 70.9 Å². The number of esters is 1. The Morgan fingerprint density at radius 2 is 1.87 bits per heavy atom. The third-order valence-corrected chi connectivity index (χ3v) is 5.40. The average molecular weight is 426 g/mol. The van der Waals surface area contributed by atoms with Crippen molar-refractivity contribution in [1.82, 2.24) is 10.2 Å². The smallest absolute Gasteiger partial charge is 0.338 e. The highest BCUT2D eigenvalue weighted by molar-refractivity contribution is 7.80. The lowest BCUT2D eigenvalue weighted by Crippen LogP contribution is -2.47. The standard InChI is InChI=1S/C22H23N3O4S/c1-13-18(20(26)23-14-8-7-9-15(12-14)28-3)19(24-22(30)25(13)2)16-10-5-6-11-17(16)21(27)29-4/h5-12,19H,1-4H3,(H,23,26)(H,24,30). The minimum absolute atomic E-state index is 0.313. The number of methoxy groups -OCH3 is 2. The molecule has 3 rings (SSSR count). The Kier molecular flexibility index (Phi) is 6.37. The van der Waals surface area contributed by atoms with Crippen LogP contribution >= 0.6 is 12.2 Å². The minimum Gasteiger partial charge on any atom is -0.497 e. The molecule has 2 N–H and O–H groups in total. The van der Waals surface area contributed by atoms with Crippen LogP contribution in [0.4, 0.5) is 5.69 Å². The maximum Gasteiger partial charge on any atom is 0.338 e. The summed E-state index contributed by atoms with van der Waals surface area (Å²) in [5, 5.41) is 6.54. The number of ether oxygens (including phenoxy) is 2. The Morgan fingerprint density at radius 1 is 1.13 bits per heavy atom. The van der Waals surface area contributed by atoms with Crippen molar-refractivity contribution >= 4 is 34.9 Å². The van der Waals surface area contributed by atoms with Gasteiger partial charge in [-0.2, -0.15) is 0 Å². The van der Waals surface area contributed by atoms with E-state index in [1.54, 1.807) is 67.6 Å². The van der Waals surface area contributed by atoms with Crippen molar-refractivity contribution in [3.63, 3.8) is 0 Å². The van der Waals surface area contributed by atoms with Gasteiger partial charge in [0, 0.05) is 24.5 Å². The number of nitrogens with zero attached hydrogens (tertiary/aromatic N) is 1. The molecule has 1 unspecified atom stereocenters. The SMILES string of the molecule is COC(=O)c1ccccc1C1NC(=S)N(C)C(C)=C1C(=O)Nc1cccc(OC)c1. The Hall–Kier alpha value is -3.39. The van der Waals surface area contributed by atoms with Crippen molar-refractivity contribution < 1.29 is 19.1 Å². The van der Waals surface area contributed by atoms with E-state index in [9.17, 15) is 9.59 Å². The third kappa shape index (κ3) is 4.13. The first-order valence-electron chi connectivity index (χ1n) is 9.25. The van der Waals surface area contributed by atoms with Gasteiger partial charge in [0.15, 0.2) is 5.11 Å². The molecule has 1 aliphatic rings. The van der Waals surface area contributed by atoms with E-state index in [4.69, 9.17) is 21.7 Å². The van der Waals surface area contributed by atoms with Crippen LogP contribution in [-0.4, -0.2) is 43.2 Å². The van der Waals surface area contributed by atoms with Gasteiger partial charge in [-0.25, -0.2) is 4.79 Å². The largest absolute Gasteiger partial charge is 0.497 e. The molecule has 30 heavy (non-hydrogen) atoms. The fourth-order valence-corrected chi connectivity index (χ4v) is 3.56. The highest BCUT2D eigenvalue weighted by Crippen LogP contribution is 2.33. The Balaban J connectivity index is 2.06. The fourth-order valence-electron chi connectivity index (χ4n) is 3.31. The van der Waals surface area contributed by atoms with Crippen LogP contribution in [0.15, 0.2) is 59.8 Å². The molecule has 0 saturated carbocycles. The van der Waals surface area contributed by atoms with E-state index in [1.807, 2.05) is 6.92 Å². The zero-order valence-corrected chi connectivity index (χ0v) is 18.0. The van der Waals surface area contributed by atoms with Crippen molar-refractivity contribution in [1.29, 1.82) is 0 Å². The quantitative estimate of drug-likeness (QED) is 0.562. The molecule has 1 atom stereocenters. The number of rotatable bonds is 5. The monoisotopic (exact) mass is 425 g/mol. The molecule has 0 aliphatic carbocycles. The molecule has 0 saturated heterocycles. The highest BCUT2D eigenvalue weighted by Gasteiger charge is 2.34. The van der Waals surface area contributed by atoms with E-state index in [2.05, 4.69) is 10.6 Å². The van der Waals surface area contributed by atoms with Crippen LogP contribution in [0.1, 0.15) is 28.9 Å². The fraction of sp³-hybridized carbons (Fsp3) is 0.227. The predicted octanol–water partition coefficient (Wildman–Crippen LogP) is 3.26. The van der Waals surface area contributed by atoms with Crippen molar-refractivity contribution in [3.8, 4) is 5.75 Å². The number of benzene rings is 2. The minimum atomic E-state index is -0.616. The van der Waals surface area contributed by atoms with Gasteiger partial charge in [0.2, 0.25) is 0 Å². The van der Waals surface area contributed by atoms with E-state index in [0.29, 0.717) is 38.9 Å². The normalized spacial score (nSPS) is 16.1. The molecular weight excluding hydrogens is 402 g/mol. The topological polar surface area (TPSA) is 79.9 Å². The number of allylic oxidation sites excluding steroid dienone is 1. The number of nitrogens with one attached hydrogen (secondary N) is 2. The number of hydrogen-bond acceptors (Lipinski definition) is 5. The number of anilines is 1. The van der Waals surface area contributed by atoms with Crippen LogP contribution in [0.5, 0.6) is 5.75 Å². The summed E-state index contributed by atoms with van der Waals surface area (Å²) in [6, 6.07) is 13.5. The zero-order chi connectivity index (χ0) is 21.8. The lowest BCUT2D eigenvalue weighted by Gasteiger charge is -2.36. The second-order valence-corrected chi connectivity index (χ2v) is 7.09. The molecule has 7 nitrogen and oxygen atoms in total. The Labute approximate surface area is 180 Å². The lowest BCUT2D eigenvalue weighted by molar-refractivity contribution is -0.113. The Bertz CT molecular complexity index is 1030. The second-order valence-electron chi connectivity index (χ2n) is 6.71. The number of hydrogen-bond donors (Lipinski definition) is 2. The predicted molar refractivity (Wildman–Crippen MR) is 118 cm³/mol. The summed E-state index contributed by atoms with van der Waals surface area (Å²) in [6.07, 6.45) is 0. The number of amides is 1. The van der Waals surface area contributed by atoms with Gasteiger partial charge in [0.05, 0.1) is 31.4 Å². The molecule has 0 radical (unpaired) electrons. The first-order chi connectivity index (χ1) is 14.4.